The first kappa shape index (κ1) is 18.0. The smallest absolute Gasteiger partial charge is 0.269 e. The van der Waals surface area contributed by atoms with Gasteiger partial charge >= 0.3 is 0 Å². The second kappa shape index (κ2) is 7.61. The average Bonchev–Trinajstić information content (AvgIpc) is 3.13. The number of nitro benzene ring substituents is 1. The summed E-state index contributed by atoms with van der Waals surface area (Å²) in [7, 11) is 3.00. The summed E-state index contributed by atoms with van der Waals surface area (Å²) in [6.45, 7) is 0. The first-order valence-electron chi connectivity index (χ1n) is 7.94. The highest BCUT2D eigenvalue weighted by molar-refractivity contribution is 5.84. The summed E-state index contributed by atoms with van der Waals surface area (Å²) in [5.74, 6) is 0.886. The molecule has 0 atom stereocenters. The number of aromatic hydroxyl groups is 1. The van der Waals surface area contributed by atoms with Crippen molar-refractivity contribution in [1.82, 2.24) is 10.2 Å². The number of nitrogens with zero attached hydrogens (tertiary/aromatic N) is 2. The Kier molecular flexibility index (Phi) is 5.07. The van der Waals surface area contributed by atoms with Crippen LogP contribution in [0.25, 0.3) is 23.4 Å². The molecular formula is C19H17N3O5. The van der Waals surface area contributed by atoms with Crippen LogP contribution in [-0.4, -0.2) is 34.4 Å². The van der Waals surface area contributed by atoms with Gasteiger partial charge in [0, 0.05) is 29.8 Å². The molecule has 0 fully saturated rings. The van der Waals surface area contributed by atoms with Crippen molar-refractivity contribution in [1.29, 1.82) is 0 Å². The molecule has 8 nitrogen and oxygen atoms in total. The number of methoxy groups -OCH3 is 2. The highest BCUT2D eigenvalue weighted by Gasteiger charge is 2.18. The van der Waals surface area contributed by atoms with Crippen molar-refractivity contribution in [2.75, 3.05) is 14.2 Å². The van der Waals surface area contributed by atoms with E-state index in [1.165, 1.54) is 32.4 Å². The number of rotatable bonds is 6. The van der Waals surface area contributed by atoms with E-state index in [0.717, 1.165) is 5.56 Å². The Morgan fingerprint density at radius 1 is 1.15 bits per heavy atom. The normalized spacial score (nSPS) is 10.9. The summed E-state index contributed by atoms with van der Waals surface area (Å²) in [6.07, 6.45) is 5.20. The van der Waals surface area contributed by atoms with Gasteiger partial charge < -0.3 is 14.6 Å². The fourth-order valence-electron chi connectivity index (χ4n) is 2.62. The van der Waals surface area contributed by atoms with Gasteiger partial charge in [-0.2, -0.15) is 5.10 Å². The number of hydrogen-bond acceptors (Lipinski definition) is 6. The molecule has 0 saturated heterocycles. The van der Waals surface area contributed by atoms with E-state index in [4.69, 9.17) is 9.47 Å². The third-order valence-electron chi connectivity index (χ3n) is 3.99. The van der Waals surface area contributed by atoms with Crippen LogP contribution in [0.2, 0.25) is 0 Å². The monoisotopic (exact) mass is 367 g/mol. The van der Waals surface area contributed by atoms with Crippen LogP contribution in [0.1, 0.15) is 11.1 Å². The number of hydrogen-bond donors (Lipinski definition) is 2. The molecule has 0 spiro atoms. The first-order valence-corrected chi connectivity index (χ1v) is 7.94. The van der Waals surface area contributed by atoms with Gasteiger partial charge in [0.1, 0.15) is 17.2 Å². The Morgan fingerprint density at radius 3 is 2.52 bits per heavy atom. The topological polar surface area (TPSA) is 111 Å². The van der Waals surface area contributed by atoms with E-state index >= 15 is 0 Å². The van der Waals surface area contributed by atoms with Crippen molar-refractivity contribution in [2.24, 2.45) is 0 Å². The Morgan fingerprint density at radius 2 is 1.89 bits per heavy atom. The molecule has 0 aliphatic rings. The summed E-state index contributed by atoms with van der Waals surface area (Å²) in [6, 6.07) is 9.34. The number of aromatic amines is 1. The molecule has 138 valence electrons. The molecular weight excluding hydrogens is 350 g/mol. The molecule has 2 aromatic carbocycles. The molecule has 1 heterocycles. The van der Waals surface area contributed by atoms with Crippen LogP contribution in [0.4, 0.5) is 5.69 Å². The molecule has 0 bridgehead atoms. The highest BCUT2D eigenvalue weighted by Crippen LogP contribution is 2.41. The second-order valence-corrected chi connectivity index (χ2v) is 5.61. The van der Waals surface area contributed by atoms with Gasteiger partial charge in [-0.3, -0.25) is 15.2 Å². The summed E-state index contributed by atoms with van der Waals surface area (Å²) >= 11 is 0. The molecule has 0 amide bonds. The second-order valence-electron chi connectivity index (χ2n) is 5.61. The third-order valence-corrected chi connectivity index (χ3v) is 3.99. The van der Waals surface area contributed by atoms with Crippen molar-refractivity contribution < 1.29 is 19.5 Å². The number of H-pyrrole nitrogens is 1. The zero-order chi connectivity index (χ0) is 19.4. The predicted molar refractivity (Wildman–Crippen MR) is 101 cm³/mol. The number of nitro groups is 1. The van der Waals surface area contributed by atoms with Crippen LogP contribution in [0.3, 0.4) is 0 Å². The lowest BCUT2D eigenvalue weighted by Gasteiger charge is -2.12. The van der Waals surface area contributed by atoms with Crippen molar-refractivity contribution in [2.45, 2.75) is 0 Å². The molecule has 0 aliphatic heterocycles. The summed E-state index contributed by atoms with van der Waals surface area (Å²) < 4.78 is 10.5. The largest absolute Gasteiger partial charge is 0.507 e. The van der Waals surface area contributed by atoms with Crippen LogP contribution >= 0.6 is 0 Å². The zero-order valence-electron chi connectivity index (χ0n) is 14.7. The van der Waals surface area contributed by atoms with Crippen molar-refractivity contribution >= 4 is 17.8 Å². The minimum absolute atomic E-state index is 0.0135. The molecule has 3 aromatic rings. The molecule has 8 heteroatoms. The zero-order valence-corrected chi connectivity index (χ0v) is 14.7. The fourth-order valence-corrected chi connectivity index (χ4v) is 2.62. The molecule has 0 saturated carbocycles. The molecule has 0 aliphatic carbocycles. The molecule has 27 heavy (non-hydrogen) atoms. The Balaban J connectivity index is 1.96. The van der Waals surface area contributed by atoms with Gasteiger partial charge in [0.05, 0.1) is 36.6 Å². The number of ether oxygens (including phenoxy) is 2. The maximum absolute atomic E-state index is 10.7. The summed E-state index contributed by atoms with van der Waals surface area (Å²) in [4.78, 5) is 10.3. The van der Waals surface area contributed by atoms with E-state index in [0.29, 0.717) is 28.3 Å². The van der Waals surface area contributed by atoms with Crippen LogP contribution in [0.15, 0.2) is 42.6 Å². The van der Waals surface area contributed by atoms with E-state index < -0.39 is 4.92 Å². The lowest BCUT2D eigenvalue weighted by atomic mass is 10.0. The van der Waals surface area contributed by atoms with E-state index in [9.17, 15) is 15.2 Å². The lowest BCUT2D eigenvalue weighted by Crippen LogP contribution is -1.93. The van der Waals surface area contributed by atoms with Crippen LogP contribution in [0, 0.1) is 10.1 Å². The SMILES string of the molecule is COc1cc(O)c(-c2[nH]ncc2/C=C/c2ccc([N+](=O)[O-])cc2)c(OC)c1. The Labute approximate surface area is 154 Å². The van der Waals surface area contributed by atoms with E-state index in [-0.39, 0.29) is 11.4 Å². The minimum Gasteiger partial charge on any atom is -0.507 e. The number of nitrogens with one attached hydrogen (secondary N) is 1. The molecule has 0 radical (unpaired) electrons. The maximum Gasteiger partial charge on any atom is 0.269 e. The van der Waals surface area contributed by atoms with Crippen molar-refractivity contribution in [3.8, 4) is 28.5 Å². The van der Waals surface area contributed by atoms with Crippen molar-refractivity contribution in [3.05, 3.63) is 63.8 Å². The number of non-ortho nitro benzene ring substituents is 1. The van der Waals surface area contributed by atoms with Crippen LogP contribution < -0.4 is 9.47 Å². The predicted octanol–water partition coefficient (Wildman–Crippen LogP) is 3.88. The van der Waals surface area contributed by atoms with Gasteiger partial charge in [0.15, 0.2) is 0 Å². The molecule has 2 N–H and O–H groups in total. The van der Waals surface area contributed by atoms with Gasteiger partial charge in [0.2, 0.25) is 0 Å². The van der Waals surface area contributed by atoms with Gasteiger partial charge in [-0.05, 0) is 17.7 Å². The van der Waals surface area contributed by atoms with Crippen molar-refractivity contribution in [3.63, 3.8) is 0 Å². The summed E-state index contributed by atoms with van der Waals surface area (Å²) in [5, 5.41) is 28.0. The fraction of sp³-hybridized carbons (Fsp3) is 0.105. The minimum atomic E-state index is -0.444. The van der Waals surface area contributed by atoms with Gasteiger partial charge in [-0.15, -0.1) is 0 Å². The number of aromatic nitrogens is 2. The Bertz CT molecular complexity index is 993. The molecule has 0 unspecified atom stereocenters. The van der Waals surface area contributed by atoms with Gasteiger partial charge in [-0.1, -0.05) is 12.2 Å². The standard InChI is InChI=1S/C19H17N3O5/c1-26-15-9-16(23)18(17(10-15)27-2)19-13(11-20-21-19)6-3-12-4-7-14(8-5-12)22(24)25/h3-11,23H,1-2H3,(H,20,21)/b6-3+. The first-order chi connectivity index (χ1) is 13.0. The Hall–Kier alpha value is -3.81. The molecule has 1 aromatic heterocycles. The lowest BCUT2D eigenvalue weighted by molar-refractivity contribution is -0.384. The maximum atomic E-state index is 10.7. The van der Waals surface area contributed by atoms with Crippen LogP contribution in [-0.2, 0) is 0 Å². The number of phenols is 1. The quantitative estimate of drug-likeness (QED) is 0.505. The van der Waals surface area contributed by atoms with E-state index in [2.05, 4.69) is 10.2 Å². The van der Waals surface area contributed by atoms with E-state index in [1.807, 2.05) is 0 Å². The third kappa shape index (κ3) is 3.74. The van der Waals surface area contributed by atoms with Gasteiger partial charge in [-0.25, -0.2) is 0 Å². The van der Waals surface area contributed by atoms with Crippen LogP contribution in [0.5, 0.6) is 17.2 Å². The average molecular weight is 367 g/mol. The summed E-state index contributed by atoms with van der Waals surface area (Å²) in [5.41, 5.74) is 2.57. The van der Waals surface area contributed by atoms with E-state index in [1.54, 1.807) is 36.5 Å². The molecule has 3 rings (SSSR count). The number of phenolic OH excluding ortho intramolecular Hbond substituents is 1. The number of benzene rings is 2. The highest BCUT2D eigenvalue weighted by atomic mass is 16.6. The van der Waals surface area contributed by atoms with Gasteiger partial charge in [0.25, 0.3) is 5.69 Å².